The van der Waals surface area contributed by atoms with E-state index in [1.54, 1.807) is 13.2 Å². The first-order valence-corrected chi connectivity index (χ1v) is 9.86. The molecule has 3 atom stereocenters. The number of halogens is 1. The molecule has 2 aromatic carbocycles. The predicted molar refractivity (Wildman–Crippen MR) is 109 cm³/mol. The molecule has 2 N–H and O–H groups in total. The van der Waals surface area contributed by atoms with Crippen molar-refractivity contribution in [2.45, 2.75) is 44.2 Å². The van der Waals surface area contributed by atoms with Crippen molar-refractivity contribution in [3.8, 4) is 11.8 Å². The summed E-state index contributed by atoms with van der Waals surface area (Å²) in [4.78, 5) is 11.9. The highest BCUT2D eigenvalue weighted by molar-refractivity contribution is 5.94. The third-order valence-corrected chi connectivity index (χ3v) is 5.55. The molecule has 0 heterocycles. The van der Waals surface area contributed by atoms with Gasteiger partial charge < -0.3 is 15.4 Å². The van der Waals surface area contributed by atoms with E-state index in [0.717, 1.165) is 24.8 Å². The number of nitrogens with zero attached hydrogens (tertiary/aromatic N) is 1. The van der Waals surface area contributed by atoms with Crippen molar-refractivity contribution in [3.05, 3.63) is 65.0 Å². The highest BCUT2D eigenvalue weighted by Crippen LogP contribution is 2.36. The van der Waals surface area contributed by atoms with Crippen LogP contribution in [0.15, 0.2) is 42.5 Å². The van der Waals surface area contributed by atoms with Crippen LogP contribution in [0.4, 0.5) is 4.39 Å². The molecule has 29 heavy (non-hydrogen) atoms. The minimum atomic E-state index is -0.302. The Bertz CT molecular complexity index is 892. The number of hydrogen-bond acceptors (Lipinski definition) is 4. The minimum absolute atomic E-state index is 0.00752. The molecule has 0 aromatic heterocycles. The number of methoxy groups -OCH3 is 1. The smallest absolute Gasteiger partial charge is 0.252 e. The van der Waals surface area contributed by atoms with Gasteiger partial charge in [0.05, 0.1) is 13.2 Å². The number of carbonyl (C=O) groups excluding carboxylic acids is 1. The van der Waals surface area contributed by atoms with Crippen molar-refractivity contribution in [3.63, 3.8) is 0 Å². The van der Waals surface area contributed by atoms with Gasteiger partial charge in [-0.3, -0.25) is 4.79 Å². The number of nitrogens with one attached hydrogen (secondary N) is 2. The Morgan fingerprint density at radius 3 is 2.72 bits per heavy atom. The molecule has 0 radical (unpaired) electrons. The fourth-order valence-electron chi connectivity index (χ4n) is 4.05. The fraction of sp³-hybridized carbons (Fsp3) is 0.391. The second kappa shape index (κ2) is 9.53. The van der Waals surface area contributed by atoms with Crippen molar-refractivity contribution in [1.82, 2.24) is 10.6 Å². The summed E-state index contributed by atoms with van der Waals surface area (Å²) < 4.78 is 18.8. The summed E-state index contributed by atoms with van der Waals surface area (Å²) in [5.74, 6) is 0.463. The van der Waals surface area contributed by atoms with Crippen LogP contribution in [0, 0.1) is 17.1 Å². The number of ether oxygens (including phenoxy) is 1. The Kier molecular flexibility index (Phi) is 6.84. The molecule has 1 amide bonds. The van der Waals surface area contributed by atoms with E-state index in [-0.39, 0.29) is 24.3 Å². The minimum Gasteiger partial charge on any atom is -0.496 e. The standard InChI is InChI=1S/C23H26FN3O2/c1-15(21-10-8-19(24)14-22(21)29-2)27-20-9-7-18(13-20)16-3-5-17(6-4-16)23(28)26-12-11-25/h3-6,8,10,14-15,18,20,27H,7,9,12-13H2,1-2H3,(H,26,28)/t15-,18+,20?/m1/s1. The quantitative estimate of drug-likeness (QED) is 0.693. The molecule has 152 valence electrons. The van der Waals surface area contributed by atoms with E-state index in [1.165, 1.54) is 17.7 Å². The van der Waals surface area contributed by atoms with Crippen molar-refractivity contribution >= 4 is 5.91 Å². The highest BCUT2D eigenvalue weighted by atomic mass is 19.1. The van der Waals surface area contributed by atoms with Gasteiger partial charge in [0.1, 0.15) is 18.1 Å². The van der Waals surface area contributed by atoms with Crippen LogP contribution in [0.1, 0.15) is 59.6 Å². The number of benzene rings is 2. The van der Waals surface area contributed by atoms with Crippen molar-refractivity contribution in [2.24, 2.45) is 0 Å². The molecule has 6 heteroatoms. The lowest BCUT2D eigenvalue weighted by Gasteiger charge is -2.22. The molecule has 3 rings (SSSR count). The van der Waals surface area contributed by atoms with E-state index >= 15 is 0 Å². The molecule has 2 aromatic rings. The second-order valence-electron chi connectivity index (χ2n) is 7.44. The third-order valence-electron chi connectivity index (χ3n) is 5.55. The van der Waals surface area contributed by atoms with E-state index in [9.17, 15) is 9.18 Å². The lowest BCUT2D eigenvalue weighted by Crippen LogP contribution is -2.29. The van der Waals surface area contributed by atoms with Gasteiger partial charge >= 0.3 is 0 Å². The second-order valence-corrected chi connectivity index (χ2v) is 7.44. The molecule has 1 aliphatic rings. The Morgan fingerprint density at radius 2 is 2.03 bits per heavy atom. The average Bonchev–Trinajstić information content (AvgIpc) is 3.20. The van der Waals surface area contributed by atoms with Crippen LogP contribution in [0.2, 0.25) is 0 Å². The normalized spacial score (nSPS) is 19.4. The van der Waals surface area contributed by atoms with Gasteiger partial charge in [-0.05, 0) is 55.9 Å². The summed E-state index contributed by atoms with van der Waals surface area (Å²) in [5, 5.41) is 14.8. The monoisotopic (exact) mass is 395 g/mol. The maximum Gasteiger partial charge on any atom is 0.252 e. The molecule has 0 saturated heterocycles. The molecule has 1 saturated carbocycles. The molecule has 0 bridgehead atoms. The molecule has 1 fully saturated rings. The van der Waals surface area contributed by atoms with E-state index in [0.29, 0.717) is 23.3 Å². The fourth-order valence-corrected chi connectivity index (χ4v) is 4.05. The van der Waals surface area contributed by atoms with Gasteiger partial charge in [-0.2, -0.15) is 5.26 Å². The first-order valence-electron chi connectivity index (χ1n) is 9.86. The first-order chi connectivity index (χ1) is 14.0. The Hall–Kier alpha value is -2.91. The maximum absolute atomic E-state index is 13.4. The zero-order chi connectivity index (χ0) is 20.8. The Balaban J connectivity index is 1.59. The summed E-state index contributed by atoms with van der Waals surface area (Å²) in [6, 6.07) is 14.6. The molecule has 0 aliphatic heterocycles. The average molecular weight is 395 g/mol. The van der Waals surface area contributed by atoms with Gasteiger partial charge in [0, 0.05) is 29.3 Å². The largest absolute Gasteiger partial charge is 0.496 e. The first kappa shape index (κ1) is 20.8. The van der Waals surface area contributed by atoms with Gasteiger partial charge in [-0.25, -0.2) is 4.39 Å². The summed E-state index contributed by atoms with van der Waals surface area (Å²) in [7, 11) is 1.56. The van der Waals surface area contributed by atoms with Crippen LogP contribution < -0.4 is 15.4 Å². The number of rotatable bonds is 7. The lowest BCUT2D eigenvalue weighted by molar-refractivity contribution is 0.0958. The highest BCUT2D eigenvalue weighted by Gasteiger charge is 2.27. The maximum atomic E-state index is 13.4. The lowest BCUT2D eigenvalue weighted by atomic mass is 9.96. The van der Waals surface area contributed by atoms with Crippen LogP contribution in [-0.2, 0) is 0 Å². The molecule has 1 aliphatic carbocycles. The van der Waals surface area contributed by atoms with Gasteiger partial charge in [-0.15, -0.1) is 0 Å². The molecule has 0 spiro atoms. The van der Waals surface area contributed by atoms with Gasteiger partial charge in [-0.1, -0.05) is 18.2 Å². The summed E-state index contributed by atoms with van der Waals surface area (Å²) >= 11 is 0. The molecule has 1 unspecified atom stereocenters. The topological polar surface area (TPSA) is 74.2 Å². The van der Waals surface area contributed by atoms with Crippen LogP contribution in [0.25, 0.3) is 0 Å². The molecule has 5 nitrogen and oxygen atoms in total. The van der Waals surface area contributed by atoms with Gasteiger partial charge in [0.2, 0.25) is 0 Å². The predicted octanol–water partition coefficient (Wildman–Crippen LogP) is 4.07. The van der Waals surface area contributed by atoms with E-state index in [2.05, 4.69) is 17.6 Å². The van der Waals surface area contributed by atoms with Crippen LogP contribution in [-0.4, -0.2) is 25.6 Å². The Morgan fingerprint density at radius 1 is 1.28 bits per heavy atom. The number of amides is 1. The summed E-state index contributed by atoms with van der Waals surface area (Å²) in [5.41, 5.74) is 2.73. The number of nitriles is 1. The van der Waals surface area contributed by atoms with Gasteiger partial charge in [0.15, 0.2) is 0 Å². The zero-order valence-corrected chi connectivity index (χ0v) is 16.7. The van der Waals surface area contributed by atoms with E-state index in [4.69, 9.17) is 10.00 Å². The molecular formula is C23H26FN3O2. The van der Waals surface area contributed by atoms with Crippen LogP contribution in [0.5, 0.6) is 5.75 Å². The summed E-state index contributed by atoms with van der Waals surface area (Å²) in [6.45, 7) is 2.07. The third kappa shape index (κ3) is 5.12. The molecular weight excluding hydrogens is 369 g/mol. The van der Waals surface area contributed by atoms with Crippen LogP contribution in [0.3, 0.4) is 0 Å². The zero-order valence-electron chi connectivity index (χ0n) is 16.7. The van der Waals surface area contributed by atoms with Gasteiger partial charge in [0.25, 0.3) is 5.91 Å². The number of carbonyl (C=O) groups is 1. The van der Waals surface area contributed by atoms with E-state index in [1.807, 2.05) is 30.3 Å². The number of hydrogen-bond donors (Lipinski definition) is 2. The summed E-state index contributed by atoms with van der Waals surface area (Å²) in [6.07, 6.45) is 3.14. The van der Waals surface area contributed by atoms with Crippen LogP contribution >= 0.6 is 0 Å². The van der Waals surface area contributed by atoms with E-state index < -0.39 is 0 Å². The SMILES string of the molecule is COc1cc(F)ccc1[C@@H](C)NC1CC[C@H](c2ccc(C(=O)NCC#N)cc2)C1. The Labute approximate surface area is 170 Å². The van der Waals surface area contributed by atoms with Crippen molar-refractivity contribution in [1.29, 1.82) is 5.26 Å². The van der Waals surface area contributed by atoms with Crippen molar-refractivity contribution in [2.75, 3.05) is 13.7 Å². The van der Waals surface area contributed by atoms with Crippen molar-refractivity contribution < 1.29 is 13.9 Å².